The van der Waals surface area contributed by atoms with Gasteiger partial charge in [0.25, 0.3) is 0 Å². The number of aromatic nitrogens is 2. The topological polar surface area (TPSA) is 95.9 Å². The standard InChI is InChI=1S/C20H31N5O4S/c1-30(27,28)25(17-5-3-2-4-6-17)14-19(26)23-8-10-24(11-9-23)20-21-13-16-15-29-12-7-18(16)22-20/h13,17H,2-12,14-15H2,1H3. The van der Waals surface area contributed by atoms with Crippen LogP contribution in [0.5, 0.6) is 0 Å². The van der Waals surface area contributed by atoms with E-state index in [1.807, 2.05) is 6.20 Å². The summed E-state index contributed by atoms with van der Waals surface area (Å²) in [5.74, 6) is 0.580. The van der Waals surface area contributed by atoms with Crippen molar-refractivity contribution in [2.45, 2.75) is 51.2 Å². The van der Waals surface area contributed by atoms with Crippen LogP contribution in [-0.2, 0) is 32.6 Å². The predicted octanol–water partition coefficient (Wildman–Crippen LogP) is 0.792. The van der Waals surface area contributed by atoms with Crippen molar-refractivity contribution >= 4 is 21.9 Å². The third-order valence-corrected chi connectivity index (χ3v) is 7.58. The van der Waals surface area contributed by atoms with Gasteiger partial charge < -0.3 is 14.5 Å². The van der Waals surface area contributed by atoms with Crippen LogP contribution < -0.4 is 4.90 Å². The maximum atomic E-state index is 12.9. The minimum atomic E-state index is -3.42. The van der Waals surface area contributed by atoms with E-state index >= 15 is 0 Å². The van der Waals surface area contributed by atoms with Gasteiger partial charge in [-0.2, -0.15) is 4.31 Å². The number of rotatable bonds is 5. The Morgan fingerprint density at radius 2 is 1.93 bits per heavy atom. The van der Waals surface area contributed by atoms with Crippen LogP contribution in [0.25, 0.3) is 0 Å². The molecular formula is C20H31N5O4S. The van der Waals surface area contributed by atoms with Crippen LogP contribution in [0.4, 0.5) is 5.95 Å². The van der Waals surface area contributed by atoms with Gasteiger partial charge in [-0.25, -0.2) is 18.4 Å². The zero-order valence-electron chi connectivity index (χ0n) is 17.6. The van der Waals surface area contributed by atoms with E-state index in [4.69, 9.17) is 9.72 Å². The van der Waals surface area contributed by atoms with Crippen molar-refractivity contribution in [2.75, 3.05) is 50.5 Å². The number of carbonyl (C=O) groups is 1. The molecule has 0 atom stereocenters. The van der Waals surface area contributed by atoms with E-state index in [1.54, 1.807) is 4.90 Å². The van der Waals surface area contributed by atoms with Crippen LogP contribution in [0.15, 0.2) is 6.20 Å². The van der Waals surface area contributed by atoms with Crippen molar-refractivity contribution in [3.8, 4) is 0 Å². The maximum Gasteiger partial charge on any atom is 0.238 e. The second kappa shape index (κ2) is 9.15. The van der Waals surface area contributed by atoms with E-state index in [9.17, 15) is 13.2 Å². The van der Waals surface area contributed by atoms with Gasteiger partial charge in [-0.15, -0.1) is 0 Å². The maximum absolute atomic E-state index is 12.9. The molecule has 1 amide bonds. The molecule has 2 aliphatic heterocycles. The highest BCUT2D eigenvalue weighted by molar-refractivity contribution is 7.88. The van der Waals surface area contributed by atoms with Gasteiger partial charge in [-0.05, 0) is 12.8 Å². The first-order valence-corrected chi connectivity index (χ1v) is 12.7. The number of carbonyl (C=O) groups excluding carboxylic acids is 1. The molecule has 1 aliphatic carbocycles. The molecule has 10 heteroatoms. The molecule has 1 saturated carbocycles. The Bertz CT molecular complexity index is 864. The van der Waals surface area contributed by atoms with Gasteiger partial charge in [0.2, 0.25) is 21.9 Å². The molecule has 1 saturated heterocycles. The number of anilines is 1. The lowest BCUT2D eigenvalue weighted by molar-refractivity contribution is -0.132. The number of nitrogens with zero attached hydrogens (tertiary/aromatic N) is 5. The summed E-state index contributed by atoms with van der Waals surface area (Å²) in [5.41, 5.74) is 2.09. The molecule has 3 aliphatic rings. The Balaban J connectivity index is 1.35. The van der Waals surface area contributed by atoms with E-state index in [0.717, 1.165) is 49.8 Å². The fourth-order valence-electron chi connectivity index (χ4n) is 4.55. The lowest BCUT2D eigenvalue weighted by Crippen LogP contribution is -2.53. The lowest BCUT2D eigenvalue weighted by Gasteiger charge is -2.37. The second-order valence-electron chi connectivity index (χ2n) is 8.41. The molecule has 0 N–H and O–H groups in total. The number of amides is 1. The fourth-order valence-corrected chi connectivity index (χ4v) is 5.64. The Morgan fingerprint density at radius 1 is 1.20 bits per heavy atom. The Morgan fingerprint density at radius 3 is 2.63 bits per heavy atom. The summed E-state index contributed by atoms with van der Waals surface area (Å²) >= 11 is 0. The van der Waals surface area contributed by atoms with E-state index in [2.05, 4.69) is 9.88 Å². The van der Waals surface area contributed by atoms with Crippen molar-refractivity contribution in [2.24, 2.45) is 0 Å². The van der Waals surface area contributed by atoms with Crippen molar-refractivity contribution in [1.82, 2.24) is 19.2 Å². The molecule has 166 valence electrons. The average Bonchev–Trinajstić information content (AvgIpc) is 2.77. The summed E-state index contributed by atoms with van der Waals surface area (Å²) in [6, 6.07) is -0.0492. The zero-order valence-corrected chi connectivity index (χ0v) is 18.4. The van der Waals surface area contributed by atoms with E-state index in [-0.39, 0.29) is 18.5 Å². The summed E-state index contributed by atoms with van der Waals surface area (Å²) < 4.78 is 31.5. The van der Waals surface area contributed by atoms with Gasteiger partial charge in [0.1, 0.15) is 0 Å². The molecule has 30 heavy (non-hydrogen) atoms. The van der Waals surface area contributed by atoms with Crippen LogP contribution >= 0.6 is 0 Å². The van der Waals surface area contributed by atoms with Gasteiger partial charge in [0, 0.05) is 50.4 Å². The molecule has 4 rings (SSSR count). The first-order chi connectivity index (χ1) is 14.4. The predicted molar refractivity (Wildman–Crippen MR) is 113 cm³/mol. The highest BCUT2D eigenvalue weighted by Gasteiger charge is 2.32. The molecule has 9 nitrogen and oxygen atoms in total. The highest BCUT2D eigenvalue weighted by atomic mass is 32.2. The molecule has 2 fully saturated rings. The molecule has 1 aromatic rings. The third-order valence-electron chi connectivity index (χ3n) is 6.30. The molecule has 1 aromatic heterocycles. The minimum Gasteiger partial charge on any atom is -0.376 e. The molecule has 0 spiro atoms. The number of ether oxygens (including phenoxy) is 1. The Labute approximate surface area is 178 Å². The number of sulfonamides is 1. The van der Waals surface area contributed by atoms with Gasteiger partial charge >= 0.3 is 0 Å². The van der Waals surface area contributed by atoms with Crippen LogP contribution in [0.2, 0.25) is 0 Å². The van der Waals surface area contributed by atoms with Crippen LogP contribution in [-0.4, -0.2) is 85.1 Å². The highest BCUT2D eigenvalue weighted by Crippen LogP contribution is 2.25. The molecule has 0 radical (unpaired) electrons. The quantitative estimate of drug-likeness (QED) is 0.672. The van der Waals surface area contributed by atoms with Gasteiger partial charge in [0.05, 0.1) is 31.7 Å². The largest absolute Gasteiger partial charge is 0.376 e. The normalized spacial score (nSPS) is 21.0. The zero-order chi connectivity index (χ0) is 21.1. The van der Waals surface area contributed by atoms with Crippen LogP contribution in [0.1, 0.15) is 43.4 Å². The summed E-state index contributed by atoms with van der Waals surface area (Å²) in [6.45, 7) is 3.57. The lowest BCUT2D eigenvalue weighted by atomic mass is 9.95. The Hall–Kier alpha value is -1.78. The summed E-state index contributed by atoms with van der Waals surface area (Å²) in [6.07, 6.45) is 8.72. The van der Waals surface area contributed by atoms with Crippen LogP contribution in [0.3, 0.4) is 0 Å². The van der Waals surface area contributed by atoms with Crippen molar-refractivity contribution in [1.29, 1.82) is 0 Å². The van der Waals surface area contributed by atoms with Crippen molar-refractivity contribution in [3.05, 3.63) is 17.5 Å². The first kappa shape index (κ1) is 21.5. The summed E-state index contributed by atoms with van der Waals surface area (Å²) in [7, 11) is -3.42. The molecule has 0 bridgehead atoms. The summed E-state index contributed by atoms with van der Waals surface area (Å²) in [5, 5.41) is 0. The molecule has 3 heterocycles. The number of hydrogen-bond donors (Lipinski definition) is 0. The summed E-state index contributed by atoms with van der Waals surface area (Å²) in [4.78, 5) is 25.9. The number of hydrogen-bond acceptors (Lipinski definition) is 7. The molecule has 0 unspecified atom stereocenters. The average molecular weight is 438 g/mol. The third kappa shape index (κ3) is 4.92. The van der Waals surface area contributed by atoms with E-state index < -0.39 is 10.0 Å². The van der Waals surface area contributed by atoms with Gasteiger partial charge in [0.15, 0.2) is 0 Å². The van der Waals surface area contributed by atoms with Crippen molar-refractivity contribution < 1.29 is 17.9 Å². The molecular weight excluding hydrogens is 406 g/mol. The monoisotopic (exact) mass is 437 g/mol. The number of fused-ring (bicyclic) bond motifs is 1. The smallest absolute Gasteiger partial charge is 0.238 e. The first-order valence-electron chi connectivity index (χ1n) is 10.8. The Kier molecular flexibility index (Phi) is 6.54. The number of piperazine rings is 1. The SMILES string of the molecule is CS(=O)(=O)N(CC(=O)N1CCN(c2ncc3c(n2)CCOC3)CC1)C1CCCCC1. The second-order valence-corrected chi connectivity index (χ2v) is 10.3. The fraction of sp³-hybridized carbons (Fsp3) is 0.750. The van der Waals surface area contributed by atoms with Crippen molar-refractivity contribution in [3.63, 3.8) is 0 Å². The van der Waals surface area contributed by atoms with Crippen LogP contribution in [0, 0.1) is 0 Å². The molecule has 0 aromatic carbocycles. The van der Waals surface area contributed by atoms with Gasteiger partial charge in [-0.1, -0.05) is 19.3 Å². The van der Waals surface area contributed by atoms with Gasteiger partial charge in [-0.3, -0.25) is 4.79 Å². The van der Waals surface area contributed by atoms with E-state index in [1.165, 1.54) is 10.6 Å². The van der Waals surface area contributed by atoms with E-state index in [0.29, 0.717) is 45.3 Å². The minimum absolute atomic E-state index is 0.0492.